The lowest BCUT2D eigenvalue weighted by molar-refractivity contribution is -0.132. The molecule has 1 aliphatic carbocycles. The second kappa shape index (κ2) is 38.8. The Morgan fingerprint density at radius 1 is 0.514 bits per heavy atom. The molecule has 1 fully saturated rings. The van der Waals surface area contributed by atoms with Crippen molar-refractivity contribution >= 4 is 53.2 Å². The van der Waals surface area contributed by atoms with Crippen molar-refractivity contribution in [2.75, 3.05) is 72.2 Å². The average Bonchev–Trinajstić information content (AvgIpc) is 1.46. The Morgan fingerprint density at radius 3 is 1.59 bits per heavy atom. The number of aromatic nitrogens is 3. The van der Waals surface area contributed by atoms with E-state index in [4.69, 9.17) is 33.5 Å². The van der Waals surface area contributed by atoms with Crippen molar-refractivity contribution in [2.24, 2.45) is 0 Å². The van der Waals surface area contributed by atoms with Gasteiger partial charge >= 0.3 is 6.09 Å². The molecule has 4 aromatic carbocycles. The number of nitrogens with one attached hydrogen (secondary N) is 6. The molecule has 109 heavy (non-hydrogen) atoms. The van der Waals surface area contributed by atoms with E-state index in [1.807, 2.05) is 0 Å². The van der Waals surface area contributed by atoms with Crippen molar-refractivity contribution in [1.82, 2.24) is 55.9 Å². The number of carbonyl (C=O) groups excluding carboxylic acids is 9. The van der Waals surface area contributed by atoms with Gasteiger partial charge in [0.2, 0.25) is 17.6 Å². The maximum Gasteiger partial charge on any atom is 0.407 e. The summed E-state index contributed by atoms with van der Waals surface area (Å²) >= 11 is 0. The van der Waals surface area contributed by atoms with Crippen molar-refractivity contribution < 1.29 is 76.6 Å². The third-order valence-electron chi connectivity index (χ3n) is 17.4. The van der Waals surface area contributed by atoms with Gasteiger partial charge in [-0.1, -0.05) is 133 Å². The first-order valence-electron chi connectivity index (χ1n) is 35.7. The molecule has 3 aromatic heterocycles. The highest BCUT2D eigenvalue weighted by Crippen LogP contribution is 2.24. The van der Waals surface area contributed by atoms with Gasteiger partial charge in [0, 0.05) is 57.9 Å². The summed E-state index contributed by atoms with van der Waals surface area (Å²) in [6.07, 6.45) is -0.209. The Balaban J connectivity index is 1.02. The molecule has 0 spiro atoms. The predicted molar refractivity (Wildman–Crippen MR) is 395 cm³/mol. The first-order valence-corrected chi connectivity index (χ1v) is 35.7. The van der Waals surface area contributed by atoms with Gasteiger partial charge in [0.25, 0.3) is 46.2 Å². The standard InChI is InChI=1S/C79H87N11O19/c1-79(2,3)109-78(102)83-41-46-103-45-40-82-73(97)62-31-18-42-86(76(100)64-29-16-32-66(91)88(64)106-48-54-23-10-5-11-24-54)43-19-38-80-70(94)58-35-34-57(68(93)69(58)105-47-53-21-8-4-9-22-53)71(95)84-60-51-104-52-61(60)85-72(96)59-36-37-63(90(75(59)99)108-50-56-27-14-7-15-28-56)74(98)81-39-20-44-87(62)77(101)65-30-17-33-67(92)89(65)107-49-55-25-12-6-13-26-55/h4-17,21-30,32-37,60-62,69H,18-20,31,38-52H2,1-3H3,(H,80,94)(H,81,98)(H,82,97)(H,83,102)(H,84,95)(H,85,96)/t60-,61+,62?,69?/m1/s1. The van der Waals surface area contributed by atoms with E-state index in [-0.39, 0.29) is 147 Å². The number of benzene rings is 4. The van der Waals surface area contributed by atoms with Crippen molar-refractivity contribution in [1.29, 1.82) is 0 Å². The van der Waals surface area contributed by atoms with Crippen LogP contribution in [0.25, 0.3) is 0 Å². The summed E-state index contributed by atoms with van der Waals surface area (Å²) < 4.78 is 25.4. The van der Waals surface area contributed by atoms with Crippen molar-refractivity contribution in [3.05, 3.63) is 269 Å². The van der Waals surface area contributed by atoms with Gasteiger partial charge in [-0.3, -0.25) is 52.7 Å². The summed E-state index contributed by atoms with van der Waals surface area (Å²) in [5, 5.41) is 16.6. The molecule has 2 unspecified atom stereocenters. The molecule has 5 aliphatic rings. The predicted octanol–water partition coefficient (Wildman–Crippen LogP) is 3.42. The van der Waals surface area contributed by atoms with E-state index in [2.05, 4.69) is 31.9 Å². The second-order valence-corrected chi connectivity index (χ2v) is 26.5. The molecular formula is C79H87N11O19. The Kier molecular flexibility index (Phi) is 28.2. The SMILES string of the molecule is CC(C)(C)OC(=O)NCCOCCNC(=O)C1CCCN(C(=O)c2cccc(=O)n2OCc2ccccc2)CCCNC(=O)C2=CC=C(C(=O)N[C@@H]3COC[C@@H]3NC(=O)c3ccc(n(OCc4ccccc4)c3=O)C(=O)NCCCN1C(=O)c1cccc(=O)n1OCc1ccccc1)C(=O)C2OCc1ccccc1. The average molecular weight is 1490 g/mol. The zero-order valence-electron chi connectivity index (χ0n) is 60.6. The number of fused-ring (bicyclic) bond motifs is 2. The Bertz CT molecular complexity index is 4620. The molecule has 8 amide bonds. The number of carbonyl (C=O) groups is 9. The van der Waals surface area contributed by atoms with Crippen molar-refractivity contribution in [2.45, 2.75) is 103 Å². The highest BCUT2D eigenvalue weighted by molar-refractivity contribution is 6.24. The van der Waals surface area contributed by atoms with Crippen LogP contribution in [-0.2, 0) is 64.6 Å². The minimum atomic E-state index is -1.63. The molecule has 6 N–H and O–H groups in total. The molecule has 7 heterocycles. The molecule has 12 rings (SSSR count). The van der Waals surface area contributed by atoms with Crippen LogP contribution in [-0.4, -0.2) is 179 Å². The third kappa shape index (κ3) is 22.2. The number of amides is 8. The van der Waals surface area contributed by atoms with Gasteiger partial charge in [0.15, 0.2) is 6.10 Å². The number of rotatable bonds is 21. The number of nitrogens with zero attached hydrogens (tertiary/aromatic N) is 5. The monoisotopic (exact) mass is 1490 g/mol. The van der Waals surface area contributed by atoms with Gasteiger partial charge in [-0.2, -0.15) is 0 Å². The van der Waals surface area contributed by atoms with Gasteiger partial charge in [-0.25, -0.2) is 4.79 Å². The van der Waals surface area contributed by atoms with E-state index < -0.39 is 111 Å². The highest BCUT2D eigenvalue weighted by atomic mass is 16.7. The molecule has 572 valence electrons. The molecule has 0 radical (unpaired) electrons. The van der Waals surface area contributed by atoms with Crippen LogP contribution in [0.3, 0.4) is 0 Å². The van der Waals surface area contributed by atoms with E-state index in [0.29, 0.717) is 27.0 Å². The summed E-state index contributed by atoms with van der Waals surface area (Å²) in [7, 11) is 0. The van der Waals surface area contributed by atoms with E-state index in [9.17, 15) is 43.2 Å². The molecule has 30 heteroatoms. The molecule has 1 saturated heterocycles. The van der Waals surface area contributed by atoms with Gasteiger partial charge in [0.05, 0.1) is 56.3 Å². The molecule has 7 aromatic rings. The van der Waals surface area contributed by atoms with Gasteiger partial charge in [0.1, 0.15) is 54.1 Å². The fourth-order valence-corrected chi connectivity index (χ4v) is 12.0. The van der Waals surface area contributed by atoms with Crippen LogP contribution in [0.2, 0.25) is 0 Å². The van der Waals surface area contributed by atoms with Crippen molar-refractivity contribution in [3.8, 4) is 0 Å². The minimum absolute atomic E-state index is 0.00830. The number of ether oxygens (including phenoxy) is 4. The fraction of sp³-hybridized carbons (Fsp3) is 0.342. The first kappa shape index (κ1) is 79.3. The molecule has 4 atom stereocenters. The number of ketones is 1. The number of alkyl carbamates (subject to hydrolysis) is 1. The first-order chi connectivity index (χ1) is 52.7. The number of hydrogen-bond acceptors (Lipinski definition) is 19. The number of pyridine rings is 3. The maximum atomic E-state index is 15.7. The van der Waals surface area contributed by atoms with E-state index in [1.54, 1.807) is 142 Å². The largest absolute Gasteiger partial charge is 0.444 e. The van der Waals surface area contributed by atoms with Gasteiger partial charge in [-0.15, -0.1) is 14.2 Å². The molecule has 0 saturated carbocycles. The van der Waals surface area contributed by atoms with Crippen LogP contribution < -0.4 is 63.1 Å². The van der Waals surface area contributed by atoms with Crippen LogP contribution in [0.15, 0.2) is 208 Å². The summed E-state index contributed by atoms with van der Waals surface area (Å²) in [6, 6.07) is 42.0. The molecule has 4 aliphatic heterocycles. The quantitative estimate of drug-likeness (QED) is 0.0443. The maximum absolute atomic E-state index is 15.7. The Morgan fingerprint density at radius 2 is 1.02 bits per heavy atom. The van der Waals surface area contributed by atoms with Gasteiger partial charge in [-0.05, 0) is 105 Å². The smallest absolute Gasteiger partial charge is 0.407 e. The zero-order valence-corrected chi connectivity index (χ0v) is 60.6. The molecular weight excluding hydrogens is 1410 g/mol. The van der Waals surface area contributed by atoms with E-state index >= 15 is 14.4 Å². The zero-order chi connectivity index (χ0) is 77.2. The van der Waals surface area contributed by atoms with Gasteiger partial charge < -0.3 is 75.2 Å². The number of Topliss-reactive ketones (excluding diaryl/α,β-unsaturated/α-hetero) is 1. The van der Waals surface area contributed by atoms with E-state index in [1.165, 1.54) is 64.4 Å². The summed E-state index contributed by atoms with van der Waals surface area (Å²) in [5.74, 6) is -6.67. The lowest BCUT2D eigenvalue weighted by atomic mass is 9.92. The van der Waals surface area contributed by atoms with Crippen LogP contribution >= 0.6 is 0 Å². The van der Waals surface area contributed by atoms with Crippen molar-refractivity contribution in [3.63, 3.8) is 0 Å². The lowest BCUT2D eigenvalue weighted by Gasteiger charge is -2.32. The van der Waals surface area contributed by atoms with Crippen LogP contribution in [0, 0.1) is 0 Å². The topological polar surface area (TPSA) is 363 Å². The summed E-state index contributed by atoms with van der Waals surface area (Å²) in [5.41, 5.74) is -2.57. The van der Waals surface area contributed by atoms with Crippen LogP contribution in [0.5, 0.6) is 0 Å². The normalized spacial score (nSPS) is 17.8. The van der Waals surface area contributed by atoms with Crippen LogP contribution in [0.1, 0.15) is 111 Å². The molecule has 30 nitrogen and oxygen atoms in total. The second-order valence-electron chi connectivity index (χ2n) is 26.5. The Hall–Kier alpha value is -12.3. The minimum Gasteiger partial charge on any atom is -0.444 e. The molecule has 4 bridgehead atoms. The lowest BCUT2D eigenvalue weighted by Crippen LogP contribution is -2.53. The Labute approximate surface area is 627 Å². The highest BCUT2D eigenvalue weighted by Gasteiger charge is 2.40. The summed E-state index contributed by atoms with van der Waals surface area (Å²) in [6.45, 7) is 2.95. The number of hydrogen-bond donors (Lipinski definition) is 6. The fourth-order valence-electron chi connectivity index (χ4n) is 12.0. The van der Waals surface area contributed by atoms with Crippen LogP contribution in [0.4, 0.5) is 4.79 Å². The summed E-state index contributed by atoms with van der Waals surface area (Å²) in [4.78, 5) is 194. The third-order valence-corrected chi connectivity index (χ3v) is 17.4. The number of allylic oxidation sites excluding steroid dienone is 2. The van der Waals surface area contributed by atoms with E-state index in [0.717, 1.165) is 15.5 Å².